The lowest BCUT2D eigenvalue weighted by atomic mass is 10.2. The molecule has 1 saturated heterocycles. The molecule has 1 aromatic carbocycles. The molecule has 4 nitrogen and oxygen atoms in total. The standard InChI is InChI=1S/C15H19N3OS/c1-15(2)10-18(8-9-20-15)14(19)17-13-5-3-4-12-11(13)6-7-16-12/h3-7,16H,8-10H2,1-2H3,(H,17,19). The Bertz CT molecular complexity index is 635. The zero-order valence-corrected chi connectivity index (χ0v) is 12.6. The molecule has 0 atom stereocenters. The first-order valence-electron chi connectivity index (χ1n) is 6.81. The fourth-order valence-electron chi connectivity index (χ4n) is 2.58. The van der Waals surface area contributed by atoms with Gasteiger partial charge in [0.05, 0.1) is 5.69 Å². The predicted octanol–water partition coefficient (Wildman–Crippen LogP) is 3.53. The van der Waals surface area contributed by atoms with Crippen LogP contribution in [0.3, 0.4) is 0 Å². The normalized spacial score (nSPS) is 18.2. The van der Waals surface area contributed by atoms with Crippen LogP contribution in [0.25, 0.3) is 10.9 Å². The molecule has 2 amide bonds. The first-order valence-corrected chi connectivity index (χ1v) is 7.80. The lowest BCUT2D eigenvalue weighted by Gasteiger charge is -2.37. The largest absolute Gasteiger partial charge is 0.361 e. The number of benzene rings is 1. The van der Waals surface area contributed by atoms with Gasteiger partial charge >= 0.3 is 6.03 Å². The highest BCUT2D eigenvalue weighted by Gasteiger charge is 2.29. The SMILES string of the molecule is CC1(C)CN(C(=O)Nc2cccc3[nH]ccc23)CCS1. The topological polar surface area (TPSA) is 48.1 Å². The molecule has 1 aliphatic heterocycles. The van der Waals surface area contributed by atoms with Gasteiger partial charge in [0, 0.05) is 40.7 Å². The van der Waals surface area contributed by atoms with Crippen LogP contribution in [-0.2, 0) is 0 Å². The van der Waals surface area contributed by atoms with Crippen molar-refractivity contribution in [3.63, 3.8) is 0 Å². The molecule has 0 saturated carbocycles. The van der Waals surface area contributed by atoms with E-state index in [2.05, 4.69) is 24.1 Å². The maximum absolute atomic E-state index is 12.4. The molecule has 2 N–H and O–H groups in total. The number of rotatable bonds is 1. The highest BCUT2D eigenvalue weighted by molar-refractivity contribution is 8.00. The molecule has 0 bridgehead atoms. The average molecular weight is 289 g/mol. The van der Waals surface area contributed by atoms with Crippen molar-refractivity contribution < 1.29 is 4.79 Å². The minimum absolute atomic E-state index is 0.00734. The number of urea groups is 1. The Labute approximate surface area is 122 Å². The molecule has 106 valence electrons. The minimum atomic E-state index is -0.00734. The summed E-state index contributed by atoms with van der Waals surface area (Å²) in [7, 11) is 0. The van der Waals surface area contributed by atoms with Crippen molar-refractivity contribution in [2.24, 2.45) is 0 Å². The number of hydrogen-bond donors (Lipinski definition) is 2. The van der Waals surface area contributed by atoms with Crippen molar-refractivity contribution in [2.75, 3.05) is 24.2 Å². The number of carbonyl (C=O) groups is 1. The van der Waals surface area contributed by atoms with Gasteiger partial charge < -0.3 is 15.2 Å². The van der Waals surface area contributed by atoms with Crippen LogP contribution in [-0.4, -0.2) is 39.5 Å². The maximum atomic E-state index is 12.4. The number of aromatic nitrogens is 1. The number of aromatic amines is 1. The summed E-state index contributed by atoms with van der Waals surface area (Å²) in [6, 6.07) is 7.88. The lowest BCUT2D eigenvalue weighted by molar-refractivity contribution is 0.209. The average Bonchev–Trinajstić information content (AvgIpc) is 2.87. The van der Waals surface area contributed by atoms with Crippen molar-refractivity contribution in [3.05, 3.63) is 30.5 Å². The highest BCUT2D eigenvalue weighted by atomic mass is 32.2. The van der Waals surface area contributed by atoms with Crippen molar-refractivity contribution in [2.45, 2.75) is 18.6 Å². The molecule has 3 rings (SSSR count). The summed E-state index contributed by atoms with van der Waals surface area (Å²) in [5.41, 5.74) is 1.90. The smallest absolute Gasteiger partial charge is 0.321 e. The molecule has 20 heavy (non-hydrogen) atoms. The van der Waals surface area contributed by atoms with Gasteiger partial charge in [-0.05, 0) is 32.0 Å². The van der Waals surface area contributed by atoms with E-state index in [1.807, 2.05) is 47.1 Å². The van der Waals surface area contributed by atoms with E-state index < -0.39 is 0 Å². The molecule has 0 aliphatic carbocycles. The Hall–Kier alpha value is -1.62. The summed E-state index contributed by atoms with van der Waals surface area (Å²) in [5.74, 6) is 0.995. The van der Waals surface area contributed by atoms with Gasteiger partial charge in [-0.3, -0.25) is 0 Å². The van der Waals surface area contributed by atoms with Gasteiger partial charge in [0.2, 0.25) is 0 Å². The number of H-pyrrole nitrogens is 1. The van der Waals surface area contributed by atoms with Crippen molar-refractivity contribution in [1.82, 2.24) is 9.88 Å². The number of thioether (sulfide) groups is 1. The molecule has 0 radical (unpaired) electrons. The summed E-state index contributed by atoms with van der Waals surface area (Å²) < 4.78 is 0.135. The molecule has 0 spiro atoms. The van der Waals surface area contributed by atoms with Crippen LogP contribution in [0.1, 0.15) is 13.8 Å². The number of fused-ring (bicyclic) bond motifs is 1. The van der Waals surface area contributed by atoms with Crippen LogP contribution in [0.5, 0.6) is 0 Å². The van der Waals surface area contributed by atoms with Crippen molar-refractivity contribution in [3.8, 4) is 0 Å². The summed E-state index contributed by atoms with van der Waals surface area (Å²) in [6.45, 7) is 5.96. The number of carbonyl (C=O) groups excluding carboxylic acids is 1. The number of nitrogens with zero attached hydrogens (tertiary/aromatic N) is 1. The van der Waals surface area contributed by atoms with Crippen LogP contribution in [0.2, 0.25) is 0 Å². The molecule has 1 fully saturated rings. The third-order valence-corrected chi connectivity index (χ3v) is 4.85. The molecule has 2 aromatic rings. The van der Waals surface area contributed by atoms with Gasteiger partial charge in [0.1, 0.15) is 0 Å². The van der Waals surface area contributed by atoms with Gasteiger partial charge in [-0.2, -0.15) is 11.8 Å². The molecule has 1 aromatic heterocycles. The van der Waals surface area contributed by atoms with Crippen molar-refractivity contribution >= 4 is 34.4 Å². The van der Waals surface area contributed by atoms with Gasteiger partial charge in [0.25, 0.3) is 0 Å². The summed E-state index contributed by atoms with van der Waals surface area (Å²) in [5, 5.41) is 4.08. The van der Waals surface area contributed by atoms with E-state index >= 15 is 0 Å². The summed E-state index contributed by atoms with van der Waals surface area (Å²) >= 11 is 1.93. The molecule has 1 aliphatic rings. The number of nitrogens with one attached hydrogen (secondary N) is 2. The van der Waals surface area contributed by atoms with E-state index in [1.165, 1.54) is 0 Å². The Morgan fingerprint density at radius 1 is 1.40 bits per heavy atom. The Morgan fingerprint density at radius 3 is 3.05 bits per heavy atom. The lowest BCUT2D eigenvalue weighted by Crippen LogP contribution is -2.47. The van der Waals surface area contributed by atoms with Crippen LogP contribution in [0, 0.1) is 0 Å². The number of hydrogen-bond acceptors (Lipinski definition) is 2. The zero-order valence-electron chi connectivity index (χ0n) is 11.8. The Balaban J connectivity index is 1.77. The number of amides is 2. The van der Waals surface area contributed by atoms with Crippen LogP contribution in [0.4, 0.5) is 10.5 Å². The van der Waals surface area contributed by atoms with E-state index in [0.29, 0.717) is 0 Å². The molecule has 0 unspecified atom stereocenters. The molecule has 5 heteroatoms. The quantitative estimate of drug-likeness (QED) is 0.843. The molecular weight excluding hydrogens is 270 g/mol. The Kier molecular flexibility index (Phi) is 3.38. The van der Waals surface area contributed by atoms with Gasteiger partial charge in [0.15, 0.2) is 0 Å². The van der Waals surface area contributed by atoms with Gasteiger partial charge in [-0.15, -0.1) is 0 Å². The van der Waals surface area contributed by atoms with E-state index in [9.17, 15) is 4.79 Å². The minimum Gasteiger partial charge on any atom is -0.361 e. The van der Waals surface area contributed by atoms with E-state index in [0.717, 1.165) is 35.4 Å². The van der Waals surface area contributed by atoms with E-state index in [4.69, 9.17) is 0 Å². The fourth-order valence-corrected chi connectivity index (χ4v) is 3.69. The van der Waals surface area contributed by atoms with Gasteiger partial charge in [-0.1, -0.05) is 6.07 Å². The molecular formula is C15H19N3OS. The van der Waals surface area contributed by atoms with Crippen LogP contribution < -0.4 is 5.32 Å². The first-order chi connectivity index (χ1) is 9.55. The third kappa shape index (κ3) is 2.63. The van der Waals surface area contributed by atoms with Crippen LogP contribution >= 0.6 is 11.8 Å². The summed E-state index contributed by atoms with van der Waals surface area (Å²) in [4.78, 5) is 17.5. The number of anilines is 1. The monoisotopic (exact) mass is 289 g/mol. The second-order valence-corrected chi connectivity index (χ2v) is 7.51. The second kappa shape index (κ2) is 5.05. The van der Waals surface area contributed by atoms with E-state index in [-0.39, 0.29) is 10.8 Å². The van der Waals surface area contributed by atoms with Gasteiger partial charge in [-0.25, -0.2) is 4.79 Å². The Morgan fingerprint density at radius 2 is 2.25 bits per heavy atom. The van der Waals surface area contributed by atoms with E-state index in [1.54, 1.807) is 0 Å². The maximum Gasteiger partial charge on any atom is 0.321 e. The fraction of sp³-hybridized carbons (Fsp3) is 0.400. The summed E-state index contributed by atoms with van der Waals surface area (Å²) in [6.07, 6.45) is 1.89. The highest BCUT2D eigenvalue weighted by Crippen LogP contribution is 2.30. The third-order valence-electron chi connectivity index (χ3n) is 3.55. The first kappa shape index (κ1) is 13.4. The molecule has 2 heterocycles. The van der Waals surface area contributed by atoms with Crippen LogP contribution in [0.15, 0.2) is 30.5 Å². The second-order valence-electron chi connectivity index (χ2n) is 5.70. The predicted molar refractivity (Wildman–Crippen MR) is 85.4 cm³/mol. The van der Waals surface area contributed by atoms with Crippen molar-refractivity contribution in [1.29, 1.82) is 0 Å². The zero-order chi connectivity index (χ0) is 14.2.